The largest absolute Gasteiger partial charge is 0.435 e. The molecular weight excluding hydrogens is 470 g/mol. The number of nitrogens with zero attached hydrogens (tertiary/aromatic N) is 1. The van der Waals surface area contributed by atoms with Gasteiger partial charge in [-0.2, -0.15) is 8.78 Å². The van der Waals surface area contributed by atoms with Crippen LogP contribution in [0.25, 0.3) is 6.08 Å². The highest BCUT2D eigenvalue weighted by molar-refractivity contribution is 8.18. The lowest BCUT2D eigenvalue weighted by molar-refractivity contribution is -0.122. The second-order valence-electron chi connectivity index (χ2n) is 7.66. The van der Waals surface area contributed by atoms with Crippen LogP contribution in [-0.2, 0) is 17.6 Å². The van der Waals surface area contributed by atoms with E-state index >= 15 is 0 Å². The average molecular weight is 493 g/mol. The molecule has 1 aromatic carbocycles. The van der Waals surface area contributed by atoms with Crippen LogP contribution >= 0.6 is 23.1 Å². The molecule has 174 valence electrons. The number of alkyl halides is 2. The Morgan fingerprint density at radius 3 is 2.67 bits per heavy atom. The van der Waals surface area contributed by atoms with Crippen LogP contribution in [0.1, 0.15) is 44.9 Å². The maximum Gasteiger partial charge on any atom is 0.387 e. The number of fused-ring (bicyclic) bond motifs is 1. The Hall–Kier alpha value is -2.72. The molecule has 33 heavy (non-hydrogen) atoms. The van der Waals surface area contributed by atoms with Crippen LogP contribution in [0.4, 0.5) is 13.6 Å². The van der Waals surface area contributed by atoms with E-state index < -0.39 is 17.8 Å². The summed E-state index contributed by atoms with van der Waals surface area (Å²) in [5, 5.41) is 2.38. The van der Waals surface area contributed by atoms with Gasteiger partial charge < -0.3 is 10.1 Å². The van der Waals surface area contributed by atoms with Gasteiger partial charge in [0.2, 0.25) is 0 Å². The summed E-state index contributed by atoms with van der Waals surface area (Å²) < 4.78 is 28.8. The van der Waals surface area contributed by atoms with E-state index in [1.165, 1.54) is 58.5 Å². The molecule has 4 rings (SSSR count). The van der Waals surface area contributed by atoms with Crippen molar-refractivity contribution in [3.8, 4) is 5.75 Å². The van der Waals surface area contributed by atoms with Gasteiger partial charge in [-0.25, -0.2) is 0 Å². The van der Waals surface area contributed by atoms with E-state index in [-0.39, 0.29) is 29.7 Å². The first kappa shape index (κ1) is 23.4. The minimum absolute atomic E-state index is 0.00754. The number of thioether (sulfide) groups is 1. The third kappa shape index (κ3) is 5.80. The quantitative estimate of drug-likeness (QED) is 0.431. The summed E-state index contributed by atoms with van der Waals surface area (Å²) in [4.78, 5) is 40.7. The first-order valence-electron chi connectivity index (χ1n) is 10.6. The lowest BCUT2D eigenvalue weighted by atomic mass is 10.1. The number of benzene rings is 1. The molecule has 2 heterocycles. The molecule has 6 nitrogen and oxygen atoms in total. The summed E-state index contributed by atoms with van der Waals surface area (Å²) in [5.74, 6) is -0.634. The minimum Gasteiger partial charge on any atom is -0.435 e. The fourth-order valence-electron chi connectivity index (χ4n) is 3.74. The molecule has 1 N–H and O–H groups in total. The van der Waals surface area contributed by atoms with Gasteiger partial charge in [0.25, 0.3) is 17.1 Å². The van der Waals surface area contributed by atoms with E-state index in [1.807, 2.05) is 6.07 Å². The second-order valence-corrected chi connectivity index (χ2v) is 9.79. The van der Waals surface area contributed by atoms with Gasteiger partial charge in [-0.1, -0.05) is 18.6 Å². The topological polar surface area (TPSA) is 75.7 Å². The van der Waals surface area contributed by atoms with Crippen LogP contribution in [0, 0.1) is 0 Å². The zero-order valence-electron chi connectivity index (χ0n) is 17.6. The highest BCUT2D eigenvalue weighted by Crippen LogP contribution is 2.32. The van der Waals surface area contributed by atoms with Gasteiger partial charge in [0.1, 0.15) is 5.75 Å². The van der Waals surface area contributed by atoms with E-state index in [1.54, 1.807) is 0 Å². The van der Waals surface area contributed by atoms with Crippen molar-refractivity contribution in [1.82, 2.24) is 10.2 Å². The average Bonchev–Trinajstić information content (AvgIpc) is 3.21. The Kier molecular flexibility index (Phi) is 7.44. The Morgan fingerprint density at radius 2 is 1.91 bits per heavy atom. The molecule has 0 bridgehead atoms. The number of nitrogens with one attached hydrogen (secondary N) is 1. The molecule has 0 unspecified atom stereocenters. The molecule has 1 aromatic heterocycles. The smallest absolute Gasteiger partial charge is 0.387 e. The summed E-state index contributed by atoms with van der Waals surface area (Å²) >= 11 is 2.33. The molecule has 1 fully saturated rings. The molecular formula is C23H22F2N2O4S2. The monoisotopic (exact) mass is 492 g/mol. The predicted octanol–water partition coefficient (Wildman–Crippen LogP) is 5.08. The van der Waals surface area contributed by atoms with Gasteiger partial charge in [0, 0.05) is 18.0 Å². The highest BCUT2D eigenvalue weighted by Gasteiger charge is 2.34. The number of hydrogen-bond acceptors (Lipinski definition) is 6. The maximum atomic E-state index is 12.6. The van der Waals surface area contributed by atoms with Gasteiger partial charge in [0.15, 0.2) is 0 Å². The van der Waals surface area contributed by atoms with E-state index in [9.17, 15) is 23.2 Å². The van der Waals surface area contributed by atoms with E-state index in [4.69, 9.17) is 0 Å². The SMILES string of the molecule is O=C(NCCN1C(=O)S/C(=C\c2ccc(OC(F)F)cc2)C1=O)c1cc2c(s1)CCCCC2. The molecule has 1 saturated heterocycles. The summed E-state index contributed by atoms with van der Waals surface area (Å²) in [5.41, 5.74) is 1.83. The predicted molar refractivity (Wildman–Crippen MR) is 124 cm³/mol. The van der Waals surface area contributed by atoms with E-state index in [0.29, 0.717) is 10.4 Å². The Morgan fingerprint density at radius 1 is 1.15 bits per heavy atom. The normalized spacial score (nSPS) is 17.4. The molecule has 2 aromatic rings. The number of carbonyl (C=O) groups excluding carboxylic acids is 3. The van der Waals surface area contributed by atoms with Crippen LogP contribution < -0.4 is 10.1 Å². The first-order chi connectivity index (χ1) is 15.9. The summed E-state index contributed by atoms with van der Waals surface area (Å²) in [6.45, 7) is -2.69. The maximum absolute atomic E-state index is 12.6. The third-order valence-corrected chi connectivity index (χ3v) is 7.51. The van der Waals surface area contributed by atoms with Gasteiger partial charge >= 0.3 is 6.61 Å². The minimum atomic E-state index is -2.91. The van der Waals surface area contributed by atoms with Gasteiger partial charge in [0.05, 0.1) is 9.78 Å². The lowest BCUT2D eigenvalue weighted by Crippen LogP contribution is -2.37. The number of hydrogen-bond donors (Lipinski definition) is 1. The Bertz CT molecular complexity index is 1060. The summed E-state index contributed by atoms with van der Waals surface area (Å²) in [6.07, 6.45) is 7.05. The third-order valence-electron chi connectivity index (χ3n) is 5.37. The van der Waals surface area contributed by atoms with Crippen molar-refractivity contribution >= 4 is 46.2 Å². The molecule has 0 atom stereocenters. The number of thiophene rings is 1. The van der Waals surface area contributed by atoms with Gasteiger partial charge in [-0.15, -0.1) is 11.3 Å². The highest BCUT2D eigenvalue weighted by atomic mass is 32.2. The first-order valence-corrected chi connectivity index (χ1v) is 12.2. The number of amides is 3. The number of aryl methyl sites for hydroxylation is 2. The fourth-order valence-corrected chi connectivity index (χ4v) is 5.77. The van der Waals surface area contributed by atoms with Gasteiger partial charge in [-0.05, 0) is 72.8 Å². The molecule has 3 amide bonds. The summed E-state index contributed by atoms with van der Waals surface area (Å²) in [7, 11) is 0. The number of ether oxygens (including phenoxy) is 1. The van der Waals surface area contributed by atoms with Crippen molar-refractivity contribution in [3.63, 3.8) is 0 Å². The molecule has 2 aliphatic rings. The number of halogens is 2. The molecule has 1 aliphatic heterocycles. The zero-order chi connectivity index (χ0) is 23.4. The molecule has 0 radical (unpaired) electrons. The lowest BCUT2D eigenvalue weighted by Gasteiger charge is -2.12. The Balaban J connectivity index is 1.32. The molecule has 1 aliphatic carbocycles. The van der Waals surface area contributed by atoms with Crippen molar-refractivity contribution in [2.75, 3.05) is 13.1 Å². The van der Waals surface area contributed by atoms with Crippen molar-refractivity contribution in [3.05, 3.63) is 56.1 Å². The molecule has 10 heteroatoms. The standard InChI is InChI=1S/C23H22F2N2O4S2/c24-22(25)31-16-8-6-14(7-9-16)12-19-21(29)27(23(30)33-19)11-10-26-20(28)18-13-15-4-2-1-3-5-17(15)32-18/h6-9,12-13,22H,1-5,10-11H2,(H,26,28)/b19-12-. The van der Waals surface area contributed by atoms with Crippen LogP contribution in [0.3, 0.4) is 0 Å². The fraction of sp³-hybridized carbons (Fsp3) is 0.348. The number of carbonyl (C=O) groups is 3. The van der Waals surface area contributed by atoms with Crippen molar-refractivity contribution in [2.45, 2.75) is 38.7 Å². The molecule has 0 saturated carbocycles. The van der Waals surface area contributed by atoms with E-state index in [0.717, 1.165) is 42.3 Å². The van der Waals surface area contributed by atoms with Crippen molar-refractivity contribution in [1.29, 1.82) is 0 Å². The van der Waals surface area contributed by atoms with Crippen molar-refractivity contribution in [2.24, 2.45) is 0 Å². The van der Waals surface area contributed by atoms with Crippen LogP contribution in [0.15, 0.2) is 35.2 Å². The zero-order valence-corrected chi connectivity index (χ0v) is 19.3. The summed E-state index contributed by atoms with van der Waals surface area (Å²) in [6, 6.07) is 7.73. The van der Waals surface area contributed by atoms with Gasteiger partial charge in [-0.3, -0.25) is 19.3 Å². The number of rotatable bonds is 7. The Labute approximate surface area is 198 Å². The van der Waals surface area contributed by atoms with Crippen LogP contribution in [-0.4, -0.2) is 41.7 Å². The number of imide groups is 1. The molecule has 0 spiro atoms. The van der Waals surface area contributed by atoms with Crippen LogP contribution in [0.2, 0.25) is 0 Å². The van der Waals surface area contributed by atoms with Crippen molar-refractivity contribution < 1.29 is 27.9 Å². The van der Waals surface area contributed by atoms with Crippen LogP contribution in [0.5, 0.6) is 5.75 Å². The van der Waals surface area contributed by atoms with E-state index in [2.05, 4.69) is 10.1 Å². The second kappa shape index (κ2) is 10.5.